The smallest absolute Gasteiger partial charge is 0.311 e. The summed E-state index contributed by atoms with van der Waals surface area (Å²) in [7, 11) is 0. The predicted octanol–water partition coefficient (Wildman–Crippen LogP) is 4.04. The molecule has 0 aliphatic heterocycles. The number of rotatable bonds is 6. The second kappa shape index (κ2) is 7.65. The van der Waals surface area contributed by atoms with Crippen molar-refractivity contribution in [3.63, 3.8) is 0 Å². The predicted molar refractivity (Wildman–Crippen MR) is 101 cm³/mol. The molecule has 3 atom stereocenters. The maximum atomic E-state index is 12.5. The molecule has 1 aromatic heterocycles. The first-order valence-corrected chi connectivity index (χ1v) is 9.12. The number of carbonyl (C=O) groups is 1. The van der Waals surface area contributed by atoms with Crippen molar-refractivity contribution < 1.29 is 14.5 Å². The molecular weight excluding hydrogens is 470 g/mol. The van der Waals surface area contributed by atoms with E-state index in [0.717, 1.165) is 3.39 Å². The summed E-state index contributed by atoms with van der Waals surface area (Å²) in [6, 6.07) is 1.82. The second-order valence-corrected chi connectivity index (χ2v) is 9.23. The molecule has 0 spiro atoms. The minimum absolute atomic E-state index is 0.00770. The molecule has 0 unspecified atom stereocenters. The fourth-order valence-electron chi connectivity index (χ4n) is 2.99. The highest BCUT2D eigenvalue weighted by Crippen LogP contribution is 2.60. The minimum Gasteiger partial charge on any atom is -0.441 e. The monoisotopic (exact) mass is 483 g/mol. The molecule has 1 aliphatic carbocycles. The van der Waals surface area contributed by atoms with Crippen molar-refractivity contribution in [2.75, 3.05) is 0 Å². The van der Waals surface area contributed by atoms with Crippen LogP contribution in [0.15, 0.2) is 21.9 Å². The number of nitro groups is 1. The fraction of sp³-hybridized carbons (Fsp3) is 0.412. The SMILES string of the molecule is C#CCn1cc([C@H](C#N)OC(=O)[C@@H]2[C@H](C=C(Br)Br)C2(C)C)c([N+](=O)[O-])c1. The van der Waals surface area contributed by atoms with E-state index in [-0.39, 0.29) is 29.1 Å². The van der Waals surface area contributed by atoms with Crippen LogP contribution in [-0.4, -0.2) is 15.5 Å². The topological polar surface area (TPSA) is 98.2 Å². The lowest BCUT2D eigenvalue weighted by Gasteiger charge is -2.10. The molecule has 136 valence electrons. The molecule has 26 heavy (non-hydrogen) atoms. The van der Waals surface area contributed by atoms with Crippen LogP contribution in [0.4, 0.5) is 5.69 Å². The number of aromatic nitrogens is 1. The lowest BCUT2D eigenvalue weighted by molar-refractivity contribution is -0.385. The van der Waals surface area contributed by atoms with Gasteiger partial charge >= 0.3 is 5.97 Å². The Bertz CT molecular complexity index is 856. The number of nitriles is 1. The first-order chi connectivity index (χ1) is 12.1. The number of carbonyl (C=O) groups excluding carboxylic acids is 1. The van der Waals surface area contributed by atoms with Crippen LogP contribution in [0.1, 0.15) is 25.5 Å². The van der Waals surface area contributed by atoms with Crippen molar-refractivity contribution in [1.29, 1.82) is 5.26 Å². The van der Waals surface area contributed by atoms with Crippen molar-refractivity contribution in [2.45, 2.75) is 26.5 Å². The number of hydrogen-bond acceptors (Lipinski definition) is 5. The van der Waals surface area contributed by atoms with Gasteiger partial charge < -0.3 is 9.30 Å². The molecule has 0 N–H and O–H groups in total. The molecule has 0 aromatic carbocycles. The zero-order chi connectivity index (χ0) is 19.6. The van der Waals surface area contributed by atoms with Crippen molar-refractivity contribution in [3.05, 3.63) is 37.5 Å². The largest absolute Gasteiger partial charge is 0.441 e. The maximum Gasteiger partial charge on any atom is 0.311 e. The summed E-state index contributed by atoms with van der Waals surface area (Å²) < 4.78 is 7.43. The summed E-state index contributed by atoms with van der Waals surface area (Å²) in [5, 5.41) is 20.6. The van der Waals surface area contributed by atoms with Crippen LogP contribution in [0.3, 0.4) is 0 Å². The average molecular weight is 485 g/mol. The van der Waals surface area contributed by atoms with E-state index in [2.05, 4.69) is 37.8 Å². The number of esters is 1. The van der Waals surface area contributed by atoms with E-state index in [9.17, 15) is 20.2 Å². The van der Waals surface area contributed by atoms with Crippen LogP contribution in [0.2, 0.25) is 0 Å². The van der Waals surface area contributed by atoms with Crippen LogP contribution >= 0.6 is 31.9 Å². The number of ether oxygens (including phenoxy) is 1. The van der Waals surface area contributed by atoms with Gasteiger partial charge in [-0.1, -0.05) is 25.8 Å². The molecule has 1 heterocycles. The third-order valence-electron chi connectivity index (χ3n) is 4.46. The van der Waals surface area contributed by atoms with Gasteiger partial charge in [0.05, 0.1) is 27.0 Å². The van der Waals surface area contributed by atoms with E-state index in [1.54, 1.807) is 0 Å². The molecule has 2 rings (SSSR count). The van der Waals surface area contributed by atoms with Gasteiger partial charge in [-0.2, -0.15) is 5.26 Å². The number of nitrogens with zero attached hydrogens (tertiary/aromatic N) is 3. The number of terminal acetylenes is 1. The summed E-state index contributed by atoms with van der Waals surface area (Å²) >= 11 is 6.53. The Hall–Kier alpha value is -2.10. The zero-order valence-electron chi connectivity index (χ0n) is 14.0. The van der Waals surface area contributed by atoms with Gasteiger partial charge in [-0.3, -0.25) is 14.9 Å². The Morgan fingerprint density at radius 1 is 1.58 bits per heavy atom. The fourth-order valence-corrected chi connectivity index (χ4v) is 3.56. The van der Waals surface area contributed by atoms with Crippen molar-refractivity contribution >= 4 is 43.5 Å². The Morgan fingerprint density at radius 2 is 2.23 bits per heavy atom. The molecule has 1 aliphatic rings. The minimum atomic E-state index is -1.38. The lowest BCUT2D eigenvalue weighted by atomic mass is 10.1. The zero-order valence-corrected chi connectivity index (χ0v) is 17.2. The highest BCUT2D eigenvalue weighted by Gasteiger charge is 2.62. The van der Waals surface area contributed by atoms with E-state index in [1.807, 2.05) is 26.0 Å². The number of hydrogen-bond donors (Lipinski definition) is 0. The van der Waals surface area contributed by atoms with Gasteiger partial charge in [-0.25, -0.2) is 0 Å². The van der Waals surface area contributed by atoms with Crippen LogP contribution in [0.5, 0.6) is 0 Å². The number of halogens is 2. The Balaban J connectivity index is 2.25. The summed E-state index contributed by atoms with van der Waals surface area (Å²) in [6.45, 7) is 3.93. The van der Waals surface area contributed by atoms with Gasteiger partial charge in [-0.15, -0.1) is 6.42 Å². The van der Waals surface area contributed by atoms with Gasteiger partial charge in [0.2, 0.25) is 6.10 Å². The molecule has 0 amide bonds. The molecule has 0 saturated heterocycles. The lowest BCUT2D eigenvalue weighted by Crippen LogP contribution is -2.15. The van der Waals surface area contributed by atoms with Gasteiger partial charge in [0.1, 0.15) is 11.6 Å². The van der Waals surface area contributed by atoms with Crippen molar-refractivity contribution in [3.8, 4) is 18.4 Å². The molecule has 1 aromatic rings. The quantitative estimate of drug-likeness (QED) is 0.262. The summed E-state index contributed by atoms with van der Waals surface area (Å²) in [6.07, 6.45) is 8.27. The van der Waals surface area contributed by atoms with Crippen molar-refractivity contribution in [1.82, 2.24) is 4.57 Å². The van der Waals surface area contributed by atoms with E-state index in [4.69, 9.17) is 11.2 Å². The average Bonchev–Trinajstić information content (AvgIpc) is 2.90. The first kappa shape index (κ1) is 20.2. The Labute approximate surface area is 167 Å². The molecule has 1 saturated carbocycles. The molecule has 0 radical (unpaired) electrons. The summed E-state index contributed by atoms with van der Waals surface area (Å²) in [5.41, 5.74) is -0.631. The normalized spacial score (nSPS) is 21.0. The van der Waals surface area contributed by atoms with E-state index in [0.29, 0.717) is 0 Å². The van der Waals surface area contributed by atoms with Crippen molar-refractivity contribution in [2.24, 2.45) is 17.3 Å². The van der Waals surface area contributed by atoms with Crippen LogP contribution < -0.4 is 0 Å². The third-order valence-corrected chi connectivity index (χ3v) is 4.99. The van der Waals surface area contributed by atoms with Crippen LogP contribution in [0, 0.1) is 51.0 Å². The van der Waals surface area contributed by atoms with Gasteiger partial charge in [0.15, 0.2) is 0 Å². The van der Waals surface area contributed by atoms with Crippen LogP contribution in [0.25, 0.3) is 0 Å². The standard InChI is InChI=1S/C17H15Br2N3O4/c1-4-5-21-8-10(12(9-21)22(24)25)13(7-20)26-16(23)15-11(6-14(18)19)17(15,2)3/h1,6,8-9,11,13,15H,5H2,2-3H3/t11-,13-,15-/m0/s1. The molecule has 1 fully saturated rings. The maximum absolute atomic E-state index is 12.5. The van der Waals surface area contributed by atoms with Gasteiger partial charge in [0, 0.05) is 6.20 Å². The summed E-state index contributed by atoms with van der Waals surface area (Å²) in [4.78, 5) is 23.1. The van der Waals surface area contributed by atoms with E-state index < -0.39 is 22.9 Å². The highest BCUT2D eigenvalue weighted by molar-refractivity contribution is 9.28. The van der Waals surface area contributed by atoms with E-state index >= 15 is 0 Å². The van der Waals surface area contributed by atoms with E-state index in [1.165, 1.54) is 17.0 Å². The Morgan fingerprint density at radius 3 is 2.73 bits per heavy atom. The number of allylic oxidation sites excluding steroid dienone is 1. The Kier molecular flexibility index (Phi) is 5.94. The first-order valence-electron chi connectivity index (χ1n) is 7.54. The molecule has 7 nitrogen and oxygen atoms in total. The summed E-state index contributed by atoms with van der Waals surface area (Å²) in [5.74, 6) is 1.29. The third kappa shape index (κ3) is 4.00. The molecule has 0 bridgehead atoms. The van der Waals surface area contributed by atoms with Gasteiger partial charge in [-0.05, 0) is 43.2 Å². The second-order valence-electron chi connectivity index (χ2n) is 6.46. The molecular formula is C17H15Br2N3O4. The highest BCUT2D eigenvalue weighted by atomic mass is 79.9. The molecule has 9 heteroatoms. The van der Waals surface area contributed by atoms with Crippen LogP contribution in [-0.2, 0) is 16.1 Å². The van der Waals surface area contributed by atoms with Gasteiger partial charge in [0.25, 0.3) is 5.69 Å².